The Morgan fingerprint density at radius 1 is 1.58 bits per heavy atom. The second-order valence-electron chi connectivity index (χ2n) is 4.91. The lowest BCUT2D eigenvalue weighted by molar-refractivity contribution is -0.141. The number of carbonyl (C=O) groups is 1. The third-order valence-corrected chi connectivity index (χ3v) is 4.82. The summed E-state index contributed by atoms with van der Waals surface area (Å²) in [4.78, 5) is 12.3. The van der Waals surface area contributed by atoms with E-state index in [1.165, 1.54) is 7.11 Å². The van der Waals surface area contributed by atoms with Crippen molar-refractivity contribution in [1.29, 1.82) is 5.26 Å². The average molecular weight is 276 g/mol. The zero-order chi connectivity index (χ0) is 13.9. The van der Waals surface area contributed by atoms with Crippen molar-refractivity contribution in [2.24, 2.45) is 5.41 Å². The van der Waals surface area contributed by atoms with E-state index in [-0.39, 0.29) is 11.4 Å². The fourth-order valence-corrected chi connectivity index (χ4v) is 3.15. The molecule has 0 unspecified atom stereocenters. The molecular weight excluding hydrogens is 260 g/mol. The first-order chi connectivity index (χ1) is 9.08. The number of nitriles is 1. The molecule has 1 aliphatic rings. The summed E-state index contributed by atoms with van der Waals surface area (Å²) in [6.07, 6.45) is 2.60. The van der Waals surface area contributed by atoms with Crippen molar-refractivity contribution in [3.8, 4) is 6.07 Å². The molecule has 1 aromatic carbocycles. The van der Waals surface area contributed by atoms with Crippen LogP contribution in [0, 0.1) is 16.7 Å². The molecule has 0 bridgehead atoms. The summed E-state index contributed by atoms with van der Waals surface area (Å²) in [6, 6.07) is 7.38. The van der Waals surface area contributed by atoms with Crippen LogP contribution in [0.5, 0.6) is 0 Å². The highest BCUT2D eigenvalue weighted by molar-refractivity contribution is 7.99. The molecule has 5 heteroatoms. The highest BCUT2D eigenvalue weighted by Gasteiger charge is 2.44. The van der Waals surface area contributed by atoms with Gasteiger partial charge in [0.2, 0.25) is 0 Å². The Morgan fingerprint density at radius 3 is 2.84 bits per heavy atom. The highest BCUT2D eigenvalue weighted by Crippen LogP contribution is 2.52. The summed E-state index contributed by atoms with van der Waals surface area (Å²) in [5, 5.41) is 8.78. The first kappa shape index (κ1) is 13.8. The van der Waals surface area contributed by atoms with Gasteiger partial charge in [-0.15, -0.1) is 11.8 Å². The van der Waals surface area contributed by atoms with E-state index in [2.05, 4.69) is 6.07 Å². The largest absolute Gasteiger partial charge is 0.469 e. The van der Waals surface area contributed by atoms with Crippen molar-refractivity contribution in [3.05, 3.63) is 23.8 Å². The molecular formula is C14H16N2O2S. The van der Waals surface area contributed by atoms with Crippen LogP contribution in [0.25, 0.3) is 0 Å². The molecule has 1 fully saturated rings. The molecule has 1 saturated carbocycles. The van der Waals surface area contributed by atoms with Crippen LogP contribution in [0.3, 0.4) is 0 Å². The van der Waals surface area contributed by atoms with Crippen molar-refractivity contribution >= 4 is 23.4 Å². The van der Waals surface area contributed by atoms with Gasteiger partial charge in [-0.25, -0.2) is 0 Å². The second kappa shape index (κ2) is 5.54. The number of benzene rings is 1. The predicted octanol–water partition coefficient (Wildman–Crippen LogP) is 2.58. The van der Waals surface area contributed by atoms with Crippen LogP contribution in [0.2, 0.25) is 0 Å². The molecule has 100 valence electrons. The van der Waals surface area contributed by atoms with Crippen molar-refractivity contribution < 1.29 is 9.53 Å². The summed E-state index contributed by atoms with van der Waals surface area (Å²) in [7, 11) is 1.42. The number of hydrogen-bond acceptors (Lipinski definition) is 5. The number of thioether (sulfide) groups is 1. The number of methoxy groups -OCH3 is 1. The fraction of sp³-hybridized carbons (Fsp3) is 0.429. The maximum atomic E-state index is 11.3. The van der Waals surface area contributed by atoms with Crippen molar-refractivity contribution in [1.82, 2.24) is 0 Å². The predicted molar refractivity (Wildman–Crippen MR) is 74.6 cm³/mol. The Hall–Kier alpha value is -1.67. The Balaban J connectivity index is 1.96. The molecule has 19 heavy (non-hydrogen) atoms. The summed E-state index contributed by atoms with van der Waals surface area (Å²) in [5.41, 5.74) is 7.18. The van der Waals surface area contributed by atoms with Gasteiger partial charge in [-0.2, -0.15) is 5.26 Å². The zero-order valence-electron chi connectivity index (χ0n) is 10.8. The minimum atomic E-state index is -0.147. The summed E-state index contributed by atoms with van der Waals surface area (Å²) < 4.78 is 4.72. The van der Waals surface area contributed by atoms with Crippen LogP contribution in [0.1, 0.15) is 24.8 Å². The lowest BCUT2D eigenvalue weighted by Crippen LogP contribution is -2.13. The maximum absolute atomic E-state index is 11.3. The molecule has 2 rings (SSSR count). The Bertz CT molecular complexity index is 533. The van der Waals surface area contributed by atoms with E-state index in [4.69, 9.17) is 15.7 Å². The van der Waals surface area contributed by atoms with E-state index in [0.29, 0.717) is 17.7 Å². The van der Waals surface area contributed by atoms with Gasteiger partial charge in [0.05, 0.1) is 25.2 Å². The van der Waals surface area contributed by atoms with Crippen molar-refractivity contribution in [3.63, 3.8) is 0 Å². The molecule has 0 radical (unpaired) electrons. The van der Waals surface area contributed by atoms with E-state index in [1.54, 1.807) is 23.9 Å². The molecule has 0 aliphatic heterocycles. The number of hydrogen-bond donors (Lipinski definition) is 1. The minimum Gasteiger partial charge on any atom is -0.469 e. The number of anilines is 1. The Kier molecular flexibility index (Phi) is 4.01. The number of nitrogens with zero attached hydrogens (tertiary/aromatic N) is 1. The Labute approximate surface area is 116 Å². The van der Waals surface area contributed by atoms with Crippen LogP contribution in [0.15, 0.2) is 23.1 Å². The number of nitrogens with two attached hydrogens (primary N) is 1. The molecule has 0 atom stereocenters. The van der Waals surface area contributed by atoms with E-state index < -0.39 is 0 Å². The fourth-order valence-electron chi connectivity index (χ4n) is 1.91. The van der Waals surface area contributed by atoms with E-state index in [9.17, 15) is 4.79 Å². The average Bonchev–Trinajstić information content (AvgIpc) is 3.17. The van der Waals surface area contributed by atoms with E-state index in [0.717, 1.165) is 23.5 Å². The first-order valence-corrected chi connectivity index (χ1v) is 7.06. The molecule has 1 aromatic rings. The van der Waals surface area contributed by atoms with Crippen LogP contribution in [-0.2, 0) is 9.53 Å². The van der Waals surface area contributed by atoms with Gasteiger partial charge < -0.3 is 10.5 Å². The molecule has 0 aromatic heterocycles. The van der Waals surface area contributed by atoms with Crippen LogP contribution in [0.4, 0.5) is 5.69 Å². The van der Waals surface area contributed by atoms with Gasteiger partial charge in [0.1, 0.15) is 0 Å². The first-order valence-electron chi connectivity index (χ1n) is 6.08. The Morgan fingerprint density at radius 2 is 2.32 bits per heavy atom. The SMILES string of the molecule is COC(=O)CC1(CSc2ccc(C#N)cc2N)CC1. The third kappa shape index (κ3) is 3.42. The molecule has 0 saturated heterocycles. The standard InChI is InChI=1S/C14H16N2O2S/c1-18-13(17)7-14(4-5-14)9-19-12-3-2-10(8-15)6-11(12)16/h2-3,6H,4-5,7,9,16H2,1H3. The molecule has 1 aliphatic carbocycles. The van der Waals surface area contributed by atoms with Crippen LogP contribution in [-0.4, -0.2) is 18.8 Å². The van der Waals surface area contributed by atoms with Gasteiger partial charge in [0, 0.05) is 16.3 Å². The monoisotopic (exact) mass is 276 g/mol. The highest BCUT2D eigenvalue weighted by atomic mass is 32.2. The molecule has 2 N–H and O–H groups in total. The second-order valence-corrected chi connectivity index (χ2v) is 5.92. The van der Waals surface area contributed by atoms with Gasteiger partial charge in [0.25, 0.3) is 0 Å². The summed E-state index contributed by atoms with van der Waals surface area (Å²) >= 11 is 1.65. The topological polar surface area (TPSA) is 76.1 Å². The normalized spacial score (nSPS) is 15.6. The van der Waals surface area contributed by atoms with Gasteiger partial charge in [-0.3, -0.25) is 4.79 Å². The zero-order valence-corrected chi connectivity index (χ0v) is 11.6. The number of ether oxygens (including phenoxy) is 1. The smallest absolute Gasteiger partial charge is 0.306 e. The minimum absolute atomic E-state index is 0.0814. The number of rotatable bonds is 5. The van der Waals surface area contributed by atoms with E-state index in [1.807, 2.05) is 6.07 Å². The third-order valence-electron chi connectivity index (χ3n) is 3.38. The number of nitrogen functional groups attached to an aromatic ring is 1. The number of esters is 1. The molecule has 0 heterocycles. The summed E-state index contributed by atoms with van der Waals surface area (Å²) in [5.74, 6) is 0.712. The molecule has 4 nitrogen and oxygen atoms in total. The van der Waals surface area contributed by atoms with Crippen molar-refractivity contribution in [2.45, 2.75) is 24.2 Å². The van der Waals surface area contributed by atoms with Crippen LogP contribution >= 0.6 is 11.8 Å². The van der Waals surface area contributed by atoms with Gasteiger partial charge in [0.15, 0.2) is 0 Å². The maximum Gasteiger partial charge on any atom is 0.306 e. The van der Waals surface area contributed by atoms with Gasteiger partial charge in [-0.1, -0.05) is 0 Å². The number of carbonyl (C=O) groups excluding carboxylic acids is 1. The lowest BCUT2D eigenvalue weighted by Gasteiger charge is -2.14. The van der Waals surface area contributed by atoms with E-state index >= 15 is 0 Å². The van der Waals surface area contributed by atoms with Gasteiger partial charge >= 0.3 is 5.97 Å². The lowest BCUT2D eigenvalue weighted by atomic mass is 10.1. The quantitative estimate of drug-likeness (QED) is 0.508. The van der Waals surface area contributed by atoms with Crippen LogP contribution < -0.4 is 5.73 Å². The summed E-state index contributed by atoms with van der Waals surface area (Å²) in [6.45, 7) is 0. The van der Waals surface area contributed by atoms with Crippen molar-refractivity contribution in [2.75, 3.05) is 18.6 Å². The molecule has 0 amide bonds. The van der Waals surface area contributed by atoms with Gasteiger partial charge in [-0.05, 0) is 36.5 Å². The molecule has 0 spiro atoms.